The lowest BCUT2D eigenvalue weighted by Crippen LogP contribution is -1.95. The number of hydrogen-bond acceptors (Lipinski definition) is 1. The molecule has 1 aromatic carbocycles. The summed E-state index contributed by atoms with van der Waals surface area (Å²) in [5.74, 6) is -0.188. The normalized spacial score (nSPS) is 10.1. The van der Waals surface area contributed by atoms with Gasteiger partial charge in [-0.1, -0.05) is 12.1 Å². The van der Waals surface area contributed by atoms with Crippen LogP contribution in [0.3, 0.4) is 0 Å². The maximum atomic E-state index is 13.0. The molecule has 11 heavy (non-hydrogen) atoms. The van der Waals surface area contributed by atoms with Gasteiger partial charge in [0, 0.05) is 12.7 Å². The minimum absolute atomic E-state index is 0.188. The summed E-state index contributed by atoms with van der Waals surface area (Å²) in [6.07, 6.45) is 0. The van der Waals surface area contributed by atoms with Crippen LogP contribution in [0, 0.1) is 12.7 Å². The summed E-state index contributed by atoms with van der Waals surface area (Å²) in [4.78, 5) is 0. The fraction of sp³-hybridized carbons (Fsp3) is 0.333. The molecule has 0 aliphatic heterocycles. The standard InChI is InChI=1S/C9H11FO/c1-7-4-3-5-9(10)8(7)6-11-2/h3-5H,6H2,1-2H3. The van der Waals surface area contributed by atoms with Gasteiger partial charge in [-0.3, -0.25) is 0 Å². The summed E-state index contributed by atoms with van der Waals surface area (Å²) in [5.41, 5.74) is 1.59. The van der Waals surface area contributed by atoms with E-state index in [0.717, 1.165) is 5.56 Å². The van der Waals surface area contributed by atoms with E-state index in [1.165, 1.54) is 6.07 Å². The molecule has 0 amide bonds. The van der Waals surface area contributed by atoms with Crippen molar-refractivity contribution >= 4 is 0 Å². The van der Waals surface area contributed by atoms with Crippen LogP contribution in [0.4, 0.5) is 4.39 Å². The van der Waals surface area contributed by atoms with Crippen molar-refractivity contribution in [1.82, 2.24) is 0 Å². The Morgan fingerprint density at radius 3 is 2.73 bits per heavy atom. The van der Waals surface area contributed by atoms with Gasteiger partial charge in [0.2, 0.25) is 0 Å². The van der Waals surface area contributed by atoms with Gasteiger partial charge in [0.05, 0.1) is 6.61 Å². The molecule has 0 heterocycles. The number of hydrogen-bond donors (Lipinski definition) is 0. The summed E-state index contributed by atoms with van der Waals surface area (Å²) in [7, 11) is 1.56. The monoisotopic (exact) mass is 154 g/mol. The number of aryl methyl sites for hydroxylation is 1. The Kier molecular flexibility index (Phi) is 2.60. The number of rotatable bonds is 2. The van der Waals surface area contributed by atoms with E-state index in [2.05, 4.69) is 0 Å². The van der Waals surface area contributed by atoms with E-state index >= 15 is 0 Å². The highest BCUT2D eigenvalue weighted by Crippen LogP contribution is 2.12. The largest absolute Gasteiger partial charge is 0.380 e. The molecule has 0 aliphatic carbocycles. The average Bonchev–Trinajstić information content (AvgIpc) is 1.97. The van der Waals surface area contributed by atoms with E-state index in [9.17, 15) is 4.39 Å². The summed E-state index contributed by atoms with van der Waals surface area (Å²) < 4.78 is 17.8. The molecule has 0 saturated heterocycles. The third kappa shape index (κ3) is 1.77. The lowest BCUT2D eigenvalue weighted by atomic mass is 10.1. The Labute approximate surface area is 65.8 Å². The third-order valence-corrected chi connectivity index (χ3v) is 1.64. The molecule has 0 fully saturated rings. The molecule has 0 radical (unpaired) electrons. The van der Waals surface area contributed by atoms with Crippen LogP contribution in [0.15, 0.2) is 18.2 Å². The second-order valence-corrected chi connectivity index (χ2v) is 2.47. The second-order valence-electron chi connectivity index (χ2n) is 2.47. The number of halogens is 1. The van der Waals surface area contributed by atoms with Gasteiger partial charge >= 0.3 is 0 Å². The van der Waals surface area contributed by atoms with Gasteiger partial charge < -0.3 is 4.74 Å². The van der Waals surface area contributed by atoms with Crippen LogP contribution in [0.2, 0.25) is 0 Å². The maximum Gasteiger partial charge on any atom is 0.128 e. The van der Waals surface area contributed by atoms with Gasteiger partial charge in [-0.2, -0.15) is 0 Å². The van der Waals surface area contributed by atoms with Crippen molar-refractivity contribution < 1.29 is 9.13 Å². The van der Waals surface area contributed by atoms with Crippen molar-refractivity contribution in [2.45, 2.75) is 13.5 Å². The predicted molar refractivity (Wildman–Crippen MR) is 41.9 cm³/mol. The Balaban J connectivity index is 3.00. The summed E-state index contributed by atoms with van der Waals surface area (Å²) in [6, 6.07) is 5.02. The molecule has 1 nitrogen and oxygen atoms in total. The molecule has 0 N–H and O–H groups in total. The summed E-state index contributed by atoms with van der Waals surface area (Å²) in [5, 5.41) is 0. The van der Waals surface area contributed by atoms with Crippen LogP contribution in [0.25, 0.3) is 0 Å². The number of benzene rings is 1. The highest BCUT2D eigenvalue weighted by molar-refractivity contribution is 5.26. The highest BCUT2D eigenvalue weighted by Gasteiger charge is 2.02. The highest BCUT2D eigenvalue weighted by atomic mass is 19.1. The predicted octanol–water partition coefficient (Wildman–Crippen LogP) is 2.28. The van der Waals surface area contributed by atoms with Crippen LogP contribution in [-0.4, -0.2) is 7.11 Å². The van der Waals surface area contributed by atoms with Crippen molar-refractivity contribution in [3.05, 3.63) is 35.1 Å². The van der Waals surface area contributed by atoms with E-state index in [0.29, 0.717) is 12.2 Å². The first kappa shape index (κ1) is 8.21. The molecule has 0 aromatic heterocycles. The Morgan fingerprint density at radius 2 is 2.18 bits per heavy atom. The molecule has 0 bridgehead atoms. The first-order valence-electron chi connectivity index (χ1n) is 3.48. The molecule has 0 unspecified atom stereocenters. The van der Waals surface area contributed by atoms with Gasteiger partial charge in [-0.05, 0) is 18.6 Å². The minimum Gasteiger partial charge on any atom is -0.380 e. The van der Waals surface area contributed by atoms with Crippen LogP contribution in [0.5, 0.6) is 0 Å². The van der Waals surface area contributed by atoms with Gasteiger partial charge in [-0.15, -0.1) is 0 Å². The zero-order valence-corrected chi connectivity index (χ0v) is 6.73. The Bertz CT molecular complexity index is 225. The van der Waals surface area contributed by atoms with Crippen molar-refractivity contribution in [2.75, 3.05) is 7.11 Å². The lowest BCUT2D eigenvalue weighted by Gasteiger charge is -2.04. The molecule has 0 atom stereocenters. The molecular formula is C9H11FO. The van der Waals surface area contributed by atoms with Gasteiger partial charge in [0.15, 0.2) is 0 Å². The minimum atomic E-state index is -0.188. The van der Waals surface area contributed by atoms with Crippen molar-refractivity contribution in [3.8, 4) is 0 Å². The zero-order chi connectivity index (χ0) is 8.27. The van der Waals surface area contributed by atoms with Crippen molar-refractivity contribution in [1.29, 1.82) is 0 Å². The Hall–Kier alpha value is -0.890. The molecule has 0 saturated carbocycles. The van der Waals surface area contributed by atoms with E-state index < -0.39 is 0 Å². The molecule has 1 aromatic rings. The van der Waals surface area contributed by atoms with Gasteiger partial charge in [0.1, 0.15) is 5.82 Å². The average molecular weight is 154 g/mol. The van der Waals surface area contributed by atoms with Crippen molar-refractivity contribution in [3.63, 3.8) is 0 Å². The smallest absolute Gasteiger partial charge is 0.128 e. The van der Waals surface area contributed by atoms with Crippen LogP contribution in [0.1, 0.15) is 11.1 Å². The molecule has 0 aliphatic rings. The maximum absolute atomic E-state index is 13.0. The van der Waals surface area contributed by atoms with Gasteiger partial charge in [0.25, 0.3) is 0 Å². The van der Waals surface area contributed by atoms with Crippen molar-refractivity contribution in [2.24, 2.45) is 0 Å². The fourth-order valence-corrected chi connectivity index (χ4v) is 0.994. The summed E-state index contributed by atoms with van der Waals surface area (Å²) in [6.45, 7) is 2.22. The van der Waals surface area contributed by atoms with Crippen LogP contribution in [-0.2, 0) is 11.3 Å². The van der Waals surface area contributed by atoms with E-state index in [-0.39, 0.29) is 5.82 Å². The molecule has 2 heteroatoms. The summed E-state index contributed by atoms with van der Waals surface area (Å²) >= 11 is 0. The molecule has 60 valence electrons. The third-order valence-electron chi connectivity index (χ3n) is 1.64. The van der Waals surface area contributed by atoms with Crippen LogP contribution < -0.4 is 0 Å². The van der Waals surface area contributed by atoms with E-state index in [4.69, 9.17) is 4.74 Å². The topological polar surface area (TPSA) is 9.23 Å². The van der Waals surface area contributed by atoms with E-state index in [1.54, 1.807) is 13.2 Å². The lowest BCUT2D eigenvalue weighted by molar-refractivity contribution is 0.181. The van der Waals surface area contributed by atoms with Crippen LogP contribution >= 0.6 is 0 Å². The second kappa shape index (κ2) is 3.49. The fourth-order valence-electron chi connectivity index (χ4n) is 0.994. The van der Waals surface area contributed by atoms with E-state index in [1.807, 2.05) is 13.0 Å². The SMILES string of the molecule is COCc1c(C)cccc1F. The Morgan fingerprint density at radius 1 is 1.45 bits per heavy atom. The first-order chi connectivity index (χ1) is 5.25. The number of ether oxygens (including phenoxy) is 1. The molecule has 1 rings (SSSR count). The quantitative estimate of drug-likeness (QED) is 0.635. The first-order valence-corrected chi connectivity index (χ1v) is 3.48. The van der Waals surface area contributed by atoms with Gasteiger partial charge in [-0.25, -0.2) is 4.39 Å². The molecule has 0 spiro atoms. The number of methoxy groups -OCH3 is 1. The molecular weight excluding hydrogens is 143 g/mol. The zero-order valence-electron chi connectivity index (χ0n) is 6.73.